The molecule has 1 fully saturated rings. The minimum atomic E-state index is -0.145. The lowest BCUT2D eigenvalue weighted by Crippen LogP contribution is -2.44. The van der Waals surface area contributed by atoms with Crippen LogP contribution in [-0.4, -0.2) is 42.6 Å². The second kappa shape index (κ2) is 6.42. The molecular formula is C11H23ClN2O2. The molecule has 0 aromatic carbocycles. The summed E-state index contributed by atoms with van der Waals surface area (Å²) in [5.74, 6) is 0.162. The molecule has 0 spiro atoms. The minimum absolute atomic E-state index is 0. The van der Waals surface area contributed by atoms with Crippen LogP contribution >= 0.6 is 12.4 Å². The summed E-state index contributed by atoms with van der Waals surface area (Å²) < 4.78 is 5.13. The molecule has 0 bridgehead atoms. The van der Waals surface area contributed by atoms with E-state index < -0.39 is 0 Å². The molecular weight excluding hydrogens is 228 g/mol. The summed E-state index contributed by atoms with van der Waals surface area (Å²) in [5, 5.41) is 0. The Balaban J connectivity index is 0.00000225. The van der Waals surface area contributed by atoms with Gasteiger partial charge in [-0.05, 0) is 26.7 Å². The Kier molecular flexibility index (Phi) is 6.30. The molecule has 1 unspecified atom stereocenters. The highest BCUT2D eigenvalue weighted by molar-refractivity contribution is 5.85. The third kappa shape index (κ3) is 3.61. The number of ether oxygens (including phenoxy) is 1. The van der Waals surface area contributed by atoms with Crippen LogP contribution < -0.4 is 5.73 Å². The van der Waals surface area contributed by atoms with Crippen molar-refractivity contribution < 1.29 is 9.53 Å². The van der Waals surface area contributed by atoms with Gasteiger partial charge in [-0.2, -0.15) is 0 Å². The number of carbonyl (C=O) groups is 1. The zero-order chi connectivity index (χ0) is 11.5. The van der Waals surface area contributed by atoms with Crippen molar-refractivity contribution in [3.05, 3.63) is 0 Å². The van der Waals surface area contributed by atoms with Crippen LogP contribution in [-0.2, 0) is 9.53 Å². The number of amides is 1. The topological polar surface area (TPSA) is 55.6 Å². The van der Waals surface area contributed by atoms with E-state index in [2.05, 4.69) is 13.8 Å². The van der Waals surface area contributed by atoms with Crippen LogP contribution in [0.4, 0.5) is 0 Å². The van der Waals surface area contributed by atoms with Crippen molar-refractivity contribution in [1.29, 1.82) is 0 Å². The molecule has 1 rings (SSSR count). The van der Waals surface area contributed by atoms with Gasteiger partial charge in [0.15, 0.2) is 0 Å². The molecule has 1 aliphatic rings. The fraction of sp³-hybridized carbons (Fsp3) is 0.909. The number of nitrogens with zero attached hydrogens (tertiary/aromatic N) is 1. The molecule has 0 saturated carbocycles. The van der Waals surface area contributed by atoms with Gasteiger partial charge in [-0.15, -0.1) is 12.4 Å². The number of hydrogen-bond donors (Lipinski definition) is 1. The van der Waals surface area contributed by atoms with Crippen molar-refractivity contribution in [3.8, 4) is 0 Å². The van der Waals surface area contributed by atoms with Gasteiger partial charge in [0.2, 0.25) is 5.91 Å². The third-order valence-electron chi connectivity index (χ3n) is 3.20. The molecule has 1 amide bonds. The Bertz CT molecular complexity index is 230. The van der Waals surface area contributed by atoms with Gasteiger partial charge in [0.1, 0.15) is 0 Å². The lowest BCUT2D eigenvalue weighted by Gasteiger charge is -2.32. The summed E-state index contributed by atoms with van der Waals surface area (Å²) in [6.45, 7) is 5.49. The number of halogens is 1. The highest BCUT2D eigenvalue weighted by Crippen LogP contribution is 2.28. The van der Waals surface area contributed by atoms with E-state index in [4.69, 9.17) is 10.5 Å². The number of nitrogens with two attached hydrogens (primary N) is 1. The van der Waals surface area contributed by atoms with E-state index in [0.717, 1.165) is 19.4 Å². The van der Waals surface area contributed by atoms with Crippen molar-refractivity contribution >= 4 is 18.3 Å². The molecule has 0 aromatic rings. The summed E-state index contributed by atoms with van der Waals surface area (Å²) in [4.78, 5) is 13.9. The largest absolute Gasteiger partial charge is 0.380 e. The number of carbonyl (C=O) groups excluding carboxylic acids is 1. The molecule has 4 nitrogen and oxygen atoms in total. The second-order valence-electron chi connectivity index (χ2n) is 4.76. The average molecular weight is 251 g/mol. The molecule has 0 radical (unpaired) electrons. The molecule has 96 valence electrons. The van der Waals surface area contributed by atoms with Crippen LogP contribution in [0.2, 0.25) is 0 Å². The number of hydrogen-bond acceptors (Lipinski definition) is 3. The Morgan fingerprint density at radius 3 is 2.56 bits per heavy atom. The normalized spacial score (nSPS) is 20.4. The number of rotatable bonds is 4. The standard InChI is InChI=1S/C11H22N2O2.ClH/c1-11(2)5-4-6-13(11)10(14)7-9(8-12)15-3;/h9H,4-8,12H2,1-3H3;1H. The molecule has 0 aliphatic carbocycles. The molecule has 5 heteroatoms. The van der Waals surface area contributed by atoms with E-state index in [9.17, 15) is 4.79 Å². The van der Waals surface area contributed by atoms with E-state index >= 15 is 0 Å². The Morgan fingerprint density at radius 1 is 1.56 bits per heavy atom. The average Bonchev–Trinajstić information content (AvgIpc) is 2.54. The van der Waals surface area contributed by atoms with Gasteiger partial charge in [0.25, 0.3) is 0 Å². The first-order valence-corrected chi connectivity index (χ1v) is 5.54. The van der Waals surface area contributed by atoms with Gasteiger partial charge in [0.05, 0.1) is 12.5 Å². The van der Waals surface area contributed by atoms with Gasteiger partial charge in [-0.3, -0.25) is 4.79 Å². The summed E-state index contributed by atoms with van der Waals surface area (Å²) in [5.41, 5.74) is 5.51. The maximum atomic E-state index is 12.0. The molecule has 1 heterocycles. The van der Waals surface area contributed by atoms with Crippen molar-refractivity contribution in [2.24, 2.45) is 5.73 Å². The van der Waals surface area contributed by atoms with Crippen LogP contribution in [0.15, 0.2) is 0 Å². The van der Waals surface area contributed by atoms with Crippen LogP contribution in [0, 0.1) is 0 Å². The van der Waals surface area contributed by atoms with Gasteiger partial charge in [-0.25, -0.2) is 0 Å². The Labute approximate surface area is 104 Å². The highest BCUT2D eigenvalue weighted by atomic mass is 35.5. The number of likely N-dealkylation sites (tertiary alicyclic amines) is 1. The van der Waals surface area contributed by atoms with Crippen LogP contribution in [0.3, 0.4) is 0 Å². The first-order chi connectivity index (χ1) is 7.01. The minimum Gasteiger partial charge on any atom is -0.380 e. The van der Waals surface area contributed by atoms with E-state index in [1.165, 1.54) is 0 Å². The van der Waals surface area contributed by atoms with Gasteiger partial charge in [0, 0.05) is 25.7 Å². The zero-order valence-electron chi connectivity index (χ0n) is 10.4. The smallest absolute Gasteiger partial charge is 0.225 e. The van der Waals surface area contributed by atoms with Crippen molar-refractivity contribution in [2.45, 2.75) is 44.8 Å². The van der Waals surface area contributed by atoms with E-state index in [1.54, 1.807) is 7.11 Å². The van der Waals surface area contributed by atoms with Crippen LogP contribution in [0.1, 0.15) is 33.1 Å². The van der Waals surface area contributed by atoms with E-state index in [0.29, 0.717) is 13.0 Å². The fourth-order valence-electron chi connectivity index (χ4n) is 2.14. The molecule has 0 aromatic heterocycles. The molecule has 16 heavy (non-hydrogen) atoms. The third-order valence-corrected chi connectivity index (χ3v) is 3.20. The van der Waals surface area contributed by atoms with Crippen molar-refractivity contribution in [3.63, 3.8) is 0 Å². The Hall–Kier alpha value is -0.320. The van der Waals surface area contributed by atoms with E-state index in [1.807, 2.05) is 4.90 Å². The summed E-state index contributed by atoms with van der Waals surface area (Å²) >= 11 is 0. The summed E-state index contributed by atoms with van der Waals surface area (Å²) in [6, 6.07) is 0. The van der Waals surface area contributed by atoms with Gasteiger partial charge in [-0.1, -0.05) is 0 Å². The van der Waals surface area contributed by atoms with Crippen molar-refractivity contribution in [1.82, 2.24) is 4.90 Å². The fourth-order valence-corrected chi connectivity index (χ4v) is 2.14. The molecule has 2 N–H and O–H groups in total. The van der Waals surface area contributed by atoms with E-state index in [-0.39, 0.29) is 30.0 Å². The monoisotopic (exact) mass is 250 g/mol. The highest BCUT2D eigenvalue weighted by Gasteiger charge is 2.35. The molecule has 1 saturated heterocycles. The predicted molar refractivity (Wildman–Crippen MR) is 66.7 cm³/mol. The zero-order valence-corrected chi connectivity index (χ0v) is 11.2. The SMILES string of the molecule is COC(CN)CC(=O)N1CCCC1(C)C.Cl. The lowest BCUT2D eigenvalue weighted by molar-refractivity contribution is -0.136. The number of methoxy groups -OCH3 is 1. The maximum absolute atomic E-state index is 12.0. The first-order valence-electron chi connectivity index (χ1n) is 5.54. The van der Waals surface area contributed by atoms with Crippen molar-refractivity contribution in [2.75, 3.05) is 20.2 Å². The van der Waals surface area contributed by atoms with Gasteiger partial charge >= 0.3 is 0 Å². The quantitative estimate of drug-likeness (QED) is 0.815. The predicted octanol–water partition coefficient (Wildman–Crippen LogP) is 1.17. The maximum Gasteiger partial charge on any atom is 0.225 e. The van der Waals surface area contributed by atoms with Gasteiger partial charge < -0.3 is 15.4 Å². The molecule has 1 aliphatic heterocycles. The van der Waals surface area contributed by atoms with Crippen LogP contribution in [0.5, 0.6) is 0 Å². The molecule has 1 atom stereocenters. The summed E-state index contributed by atoms with van der Waals surface area (Å²) in [7, 11) is 1.60. The Morgan fingerprint density at radius 2 is 2.19 bits per heavy atom. The lowest BCUT2D eigenvalue weighted by atomic mass is 10.0. The van der Waals surface area contributed by atoms with Crippen LogP contribution in [0.25, 0.3) is 0 Å². The summed E-state index contributed by atoms with van der Waals surface area (Å²) in [6.07, 6.45) is 2.43. The first kappa shape index (κ1) is 15.7. The second-order valence-corrected chi connectivity index (χ2v) is 4.76.